The van der Waals surface area contributed by atoms with Gasteiger partial charge >= 0.3 is 11.8 Å². The van der Waals surface area contributed by atoms with E-state index in [1.165, 1.54) is 53.2 Å². The maximum atomic E-state index is 14.4. The fourth-order valence-electron chi connectivity index (χ4n) is 7.47. The molecule has 2 aromatic rings. The van der Waals surface area contributed by atoms with Gasteiger partial charge in [-0.3, -0.25) is 14.4 Å². The summed E-state index contributed by atoms with van der Waals surface area (Å²) in [5, 5.41) is 64.0. The lowest BCUT2D eigenvalue weighted by Gasteiger charge is -2.38. The third-order valence-electron chi connectivity index (χ3n) is 11.2. The average Bonchev–Trinajstić information content (AvgIpc) is 3.46. The number of carbonyl (C=O) groups is 3. The third-order valence-corrected chi connectivity index (χ3v) is 11.2. The minimum absolute atomic E-state index is 0.0332. The fourth-order valence-corrected chi connectivity index (χ4v) is 7.47. The first-order valence-electron chi connectivity index (χ1n) is 19.7. The van der Waals surface area contributed by atoms with Gasteiger partial charge in [0.15, 0.2) is 5.75 Å². The van der Waals surface area contributed by atoms with Gasteiger partial charge in [0.25, 0.3) is 11.7 Å². The van der Waals surface area contributed by atoms with E-state index < -0.39 is 88.8 Å². The van der Waals surface area contributed by atoms with E-state index in [-0.39, 0.29) is 51.1 Å². The van der Waals surface area contributed by atoms with Crippen LogP contribution in [0.5, 0.6) is 23.0 Å². The number of hydrogen-bond donors (Lipinski definition) is 6. The molecule has 9 atom stereocenters. The Morgan fingerprint density at radius 1 is 0.983 bits per heavy atom. The number of phenols is 3. The van der Waals surface area contributed by atoms with E-state index in [1.807, 2.05) is 0 Å². The fraction of sp³-hybridized carbons (Fsp3) is 0.500. The van der Waals surface area contributed by atoms with Crippen LogP contribution in [0.2, 0.25) is 0 Å². The number of nitrogens with zero attached hydrogens (tertiary/aromatic N) is 1. The van der Waals surface area contributed by atoms with Crippen molar-refractivity contribution >= 4 is 40.3 Å². The number of rotatable bonds is 9. The number of Topliss-reactive ketones (excluding diaryl/α,β-unsaturated/α-hetero) is 1. The van der Waals surface area contributed by atoms with Crippen molar-refractivity contribution in [1.82, 2.24) is 0 Å². The zero-order chi connectivity index (χ0) is 43.9. The number of benzene rings is 2. The quantitative estimate of drug-likeness (QED) is 0.0304. The van der Waals surface area contributed by atoms with Crippen molar-refractivity contribution in [3.8, 4) is 23.0 Å². The van der Waals surface area contributed by atoms with Crippen molar-refractivity contribution in [3.63, 3.8) is 0 Å². The Kier molecular flexibility index (Phi) is 15.4. The maximum Gasteiger partial charge on any atom is 0.312 e. The second-order valence-electron chi connectivity index (χ2n) is 15.5. The van der Waals surface area contributed by atoms with E-state index >= 15 is 0 Å². The first kappa shape index (κ1) is 46.3. The molecule has 1 amide bonds. The second kappa shape index (κ2) is 19.6. The molecular weight excluding hydrogens is 764 g/mol. The van der Waals surface area contributed by atoms with Crippen LogP contribution in [0, 0.1) is 30.6 Å². The number of oxime groups is 1. The molecule has 3 aliphatic rings. The van der Waals surface area contributed by atoms with Gasteiger partial charge in [-0.1, -0.05) is 57.2 Å². The van der Waals surface area contributed by atoms with Gasteiger partial charge in [-0.15, -0.1) is 6.58 Å². The zero-order valence-corrected chi connectivity index (χ0v) is 35.1. The number of aliphatic hydroxyl groups is 2. The van der Waals surface area contributed by atoms with E-state index in [0.29, 0.717) is 6.42 Å². The molecule has 59 heavy (non-hydrogen) atoms. The number of aliphatic hydroxyl groups excluding tert-OH is 2. The molecule has 2 aromatic carbocycles. The number of nitrogens with one attached hydrogen (secondary N) is 1. The van der Waals surface area contributed by atoms with Crippen LogP contribution in [0.3, 0.4) is 0 Å². The van der Waals surface area contributed by atoms with Crippen LogP contribution in [-0.4, -0.2) is 93.3 Å². The highest BCUT2D eigenvalue weighted by Crippen LogP contribution is 2.55. The summed E-state index contributed by atoms with van der Waals surface area (Å²) in [5.41, 5.74) is -0.610. The van der Waals surface area contributed by atoms with Crippen LogP contribution in [0.15, 0.2) is 53.9 Å². The predicted molar refractivity (Wildman–Crippen MR) is 221 cm³/mol. The Bertz CT molecular complexity index is 2040. The standard InChI is InChI=1S/C44H58N2O13/c1-11-12-13-14-19-57-45-21-29-34-39(52)32-31(38(29)51)33-41(27(7)37(32)50)59-44(9,42(33)53)56-20-18-30(55-10)24(4)40(58-28(8)47)26(6)36(49)25(5)35(48)22(2)16-15-17-23(3)43(54)46-34/h11,15-18,20-22,24-26,30,35-36,40,48-52H,1,12-14,19H2,2-10H3,(H,46,54)/t22-,24-,25+,26+,30-,35+,36+,40-,44-/m0/s1. The van der Waals surface area contributed by atoms with E-state index in [0.717, 1.165) is 19.1 Å². The Morgan fingerprint density at radius 2 is 1.68 bits per heavy atom. The molecule has 0 aliphatic carbocycles. The van der Waals surface area contributed by atoms with Crippen LogP contribution in [0.4, 0.5) is 5.69 Å². The molecule has 3 heterocycles. The Labute approximate surface area is 344 Å². The number of esters is 1. The number of unbranched alkanes of at least 4 members (excludes halogenated alkanes) is 2. The SMILES string of the molecule is C=CCCCCON=Cc1c2c(O)c3c(O)c(C)c4c(c3c1O)C(=O)[C@@](C)(OC=C[C@H](OC)[C@H](C)[C@H](OC(C)=O)[C@H](C)[C@H](O)[C@H](C)[C@H](O)[C@@H](C)C=CC=C(C)C(=O)N2)O4. The minimum atomic E-state index is -2.06. The van der Waals surface area contributed by atoms with Crippen LogP contribution in [-0.2, 0) is 28.6 Å². The molecule has 0 saturated carbocycles. The van der Waals surface area contributed by atoms with Gasteiger partial charge in [0, 0.05) is 61.2 Å². The Balaban J connectivity index is 1.94. The predicted octanol–water partition coefficient (Wildman–Crippen LogP) is 6.46. The number of amides is 1. The number of ether oxygens (including phenoxy) is 4. The van der Waals surface area contributed by atoms with Crippen molar-refractivity contribution in [2.75, 3.05) is 19.0 Å². The molecule has 0 radical (unpaired) electrons. The average molecular weight is 823 g/mol. The molecular formula is C44H58N2O13. The number of hydrogen-bond acceptors (Lipinski definition) is 14. The van der Waals surface area contributed by atoms with E-state index in [2.05, 4.69) is 17.1 Å². The molecule has 3 aliphatic heterocycles. The molecule has 0 spiro atoms. The van der Waals surface area contributed by atoms with Crippen molar-refractivity contribution < 1.29 is 63.7 Å². The van der Waals surface area contributed by atoms with Crippen LogP contribution < -0.4 is 10.1 Å². The lowest BCUT2D eigenvalue weighted by molar-refractivity contribution is -0.160. The number of methoxy groups -OCH3 is 1. The van der Waals surface area contributed by atoms with E-state index in [9.17, 15) is 39.9 Å². The molecule has 322 valence electrons. The van der Waals surface area contributed by atoms with Gasteiger partial charge in [0.05, 0.1) is 53.0 Å². The molecule has 0 unspecified atom stereocenters. The van der Waals surface area contributed by atoms with E-state index in [1.54, 1.807) is 45.9 Å². The van der Waals surface area contributed by atoms with Crippen molar-refractivity contribution in [2.24, 2.45) is 28.8 Å². The van der Waals surface area contributed by atoms with Gasteiger partial charge in [-0.2, -0.15) is 0 Å². The van der Waals surface area contributed by atoms with Crippen molar-refractivity contribution in [3.05, 3.63) is 65.5 Å². The topological polar surface area (TPSA) is 223 Å². The summed E-state index contributed by atoms with van der Waals surface area (Å²) in [6.45, 7) is 16.3. The first-order valence-corrected chi connectivity index (χ1v) is 19.7. The highest BCUT2D eigenvalue weighted by molar-refractivity contribution is 6.23. The number of carbonyl (C=O) groups excluding carboxylic acids is 3. The highest BCUT2D eigenvalue weighted by atomic mass is 16.7. The normalized spacial score (nSPS) is 28.0. The number of allylic oxidation sites excluding steroid dienone is 3. The van der Waals surface area contributed by atoms with Crippen LogP contribution in [0.1, 0.15) is 89.2 Å². The largest absolute Gasteiger partial charge is 0.507 e. The monoisotopic (exact) mass is 822 g/mol. The molecule has 15 heteroatoms. The van der Waals surface area contributed by atoms with Gasteiger partial charge < -0.3 is 54.6 Å². The highest BCUT2D eigenvalue weighted by Gasteiger charge is 2.50. The van der Waals surface area contributed by atoms with E-state index in [4.69, 9.17) is 23.8 Å². The molecule has 0 fully saturated rings. The number of anilines is 1. The summed E-state index contributed by atoms with van der Waals surface area (Å²) in [6, 6.07) is 0. The second-order valence-corrected chi connectivity index (χ2v) is 15.5. The van der Waals surface area contributed by atoms with Gasteiger partial charge in [-0.25, -0.2) is 0 Å². The zero-order valence-electron chi connectivity index (χ0n) is 35.1. The Hall–Kier alpha value is -5.38. The number of ketones is 1. The third kappa shape index (κ3) is 9.75. The first-order chi connectivity index (χ1) is 27.8. The molecule has 15 nitrogen and oxygen atoms in total. The number of fused-ring (bicyclic) bond motifs is 14. The van der Waals surface area contributed by atoms with Crippen LogP contribution in [0.25, 0.3) is 10.8 Å². The molecule has 0 aromatic heterocycles. The van der Waals surface area contributed by atoms with Gasteiger partial charge in [-0.05, 0) is 39.2 Å². The summed E-state index contributed by atoms with van der Waals surface area (Å²) in [6.07, 6.45) is 8.51. The summed E-state index contributed by atoms with van der Waals surface area (Å²) in [7, 11) is 1.43. The summed E-state index contributed by atoms with van der Waals surface area (Å²) < 4.78 is 23.5. The van der Waals surface area contributed by atoms with Crippen LogP contribution >= 0.6 is 0 Å². The lowest BCUT2D eigenvalue weighted by atomic mass is 9.78. The summed E-state index contributed by atoms with van der Waals surface area (Å²) in [5.74, 6) is -8.64. The summed E-state index contributed by atoms with van der Waals surface area (Å²) >= 11 is 0. The lowest BCUT2D eigenvalue weighted by Crippen LogP contribution is -2.46. The van der Waals surface area contributed by atoms with Gasteiger partial charge in [0.1, 0.15) is 30.0 Å². The molecule has 5 rings (SSSR count). The smallest absolute Gasteiger partial charge is 0.312 e. The van der Waals surface area contributed by atoms with Crippen molar-refractivity contribution in [1.29, 1.82) is 0 Å². The van der Waals surface area contributed by atoms with Crippen molar-refractivity contribution in [2.45, 2.75) is 105 Å². The maximum absolute atomic E-state index is 14.4. The number of aromatic hydroxyl groups is 3. The molecule has 5 bridgehead atoms. The minimum Gasteiger partial charge on any atom is -0.507 e. The Morgan fingerprint density at radius 3 is 2.32 bits per heavy atom. The summed E-state index contributed by atoms with van der Waals surface area (Å²) in [4.78, 5) is 45.7. The molecule has 6 N–H and O–H groups in total. The number of phenolic OH excluding ortho intramolecular Hbond substituents is 3. The molecule has 0 saturated heterocycles. The van der Waals surface area contributed by atoms with Gasteiger partial charge in [0.2, 0.25) is 0 Å².